The molecule has 3 aromatic rings. The molecule has 2 heteroatoms. The molecule has 138 valence electrons. The van der Waals surface area contributed by atoms with E-state index in [1.807, 2.05) is 0 Å². The first kappa shape index (κ1) is 18.2. The van der Waals surface area contributed by atoms with Crippen LogP contribution in [0.5, 0.6) is 0 Å². The molecule has 1 aliphatic heterocycles. The van der Waals surface area contributed by atoms with Gasteiger partial charge in [0, 0.05) is 17.7 Å². The number of hydrogen-bond donors (Lipinski definition) is 0. The molecule has 0 saturated carbocycles. The molecule has 1 heterocycles. The van der Waals surface area contributed by atoms with Crippen molar-refractivity contribution >= 4 is 18.4 Å². The predicted octanol–water partition coefficient (Wildman–Crippen LogP) is 4.30. The van der Waals surface area contributed by atoms with Crippen LogP contribution in [0, 0.1) is 0 Å². The SMILES string of the molecule is CC[N+]1(Cc2ccccc2)CC[Si](c2ccccc2)(c2ccccc2)CC1. The van der Waals surface area contributed by atoms with Crippen LogP contribution in [0.3, 0.4) is 0 Å². The van der Waals surface area contributed by atoms with E-state index >= 15 is 0 Å². The molecule has 0 amide bonds. The molecule has 0 radical (unpaired) electrons. The van der Waals surface area contributed by atoms with Gasteiger partial charge in [0.15, 0.2) is 0 Å². The van der Waals surface area contributed by atoms with Crippen LogP contribution in [0.4, 0.5) is 0 Å². The van der Waals surface area contributed by atoms with Crippen molar-refractivity contribution in [1.29, 1.82) is 0 Å². The van der Waals surface area contributed by atoms with Gasteiger partial charge >= 0.3 is 0 Å². The van der Waals surface area contributed by atoms with Crippen LogP contribution < -0.4 is 10.4 Å². The van der Waals surface area contributed by atoms with Crippen LogP contribution in [0.15, 0.2) is 91.0 Å². The van der Waals surface area contributed by atoms with E-state index in [1.54, 1.807) is 10.4 Å². The maximum absolute atomic E-state index is 2.39. The summed E-state index contributed by atoms with van der Waals surface area (Å²) in [6.07, 6.45) is 0. The second-order valence-corrected chi connectivity index (χ2v) is 12.4. The third-order valence-corrected chi connectivity index (χ3v) is 11.7. The molecular weight excluding hydrogens is 342 g/mol. The Labute approximate surface area is 164 Å². The summed E-state index contributed by atoms with van der Waals surface area (Å²) in [7, 11) is -1.67. The average molecular weight is 373 g/mol. The first-order valence-corrected chi connectivity index (χ1v) is 12.7. The molecule has 0 N–H and O–H groups in total. The van der Waals surface area contributed by atoms with Crippen LogP contribution in [0.1, 0.15) is 12.5 Å². The lowest BCUT2D eigenvalue weighted by molar-refractivity contribution is -0.937. The zero-order chi connectivity index (χ0) is 18.6. The first-order chi connectivity index (χ1) is 13.3. The highest BCUT2D eigenvalue weighted by molar-refractivity contribution is 7.02. The third kappa shape index (κ3) is 3.65. The number of rotatable bonds is 5. The van der Waals surface area contributed by atoms with Gasteiger partial charge < -0.3 is 4.48 Å². The van der Waals surface area contributed by atoms with E-state index in [9.17, 15) is 0 Å². The van der Waals surface area contributed by atoms with E-state index in [1.165, 1.54) is 48.3 Å². The molecule has 0 aliphatic carbocycles. The summed E-state index contributed by atoms with van der Waals surface area (Å²) in [5, 5.41) is 3.23. The van der Waals surface area contributed by atoms with Crippen molar-refractivity contribution in [3.63, 3.8) is 0 Å². The monoisotopic (exact) mass is 372 g/mol. The minimum Gasteiger partial charge on any atom is -0.321 e. The summed E-state index contributed by atoms with van der Waals surface area (Å²) < 4.78 is 1.23. The van der Waals surface area contributed by atoms with Crippen molar-refractivity contribution in [3.05, 3.63) is 96.6 Å². The number of nitrogens with zero attached hydrogens (tertiary/aromatic N) is 1. The molecule has 1 nitrogen and oxygen atoms in total. The fraction of sp³-hybridized carbons (Fsp3) is 0.280. The Bertz CT molecular complexity index is 796. The normalized spacial score (nSPS) is 18.1. The lowest BCUT2D eigenvalue weighted by atomic mass is 10.1. The van der Waals surface area contributed by atoms with Crippen molar-refractivity contribution in [2.75, 3.05) is 19.6 Å². The Hall–Kier alpha value is -2.16. The van der Waals surface area contributed by atoms with Crippen molar-refractivity contribution in [2.45, 2.75) is 25.6 Å². The first-order valence-electron chi connectivity index (χ1n) is 10.3. The molecular formula is C25H30NSi+. The van der Waals surface area contributed by atoms with E-state index in [4.69, 9.17) is 0 Å². The van der Waals surface area contributed by atoms with Gasteiger partial charge in [-0.05, 0) is 6.92 Å². The standard InChI is InChI=1S/C25H30NSi/c1-2-26(22-23-12-6-3-7-13-23)18-20-27(21-19-26,24-14-8-4-9-15-24)25-16-10-5-11-17-25/h3-17H,2,18-22H2,1H3/q+1. The van der Waals surface area contributed by atoms with Gasteiger partial charge in [0.1, 0.15) is 14.6 Å². The lowest BCUT2D eigenvalue weighted by Crippen LogP contribution is -2.67. The number of quaternary nitrogens is 1. The summed E-state index contributed by atoms with van der Waals surface area (Å²) in [4.78, 5) is 0. The molecule has 1 saturated heterocycles. The summed E-state index contributed by atoms with van der Waals surface area (Å²) >= 11 is 0. The van der Waals surface area contributed by atoms with Crippen molar-refractivity contribution in [3.8, 4) is 0 Å². The highest BCUT2D eigenvalue weighted by Crippen LogP contribution is 2.29. The van der Waals surface area contributed by atoms with Crippen LogP contribution in [-0.2, 0) is 6.54 Å². The summed E-state index contributed by atoms with van der Waals surface area (Å²) in [5.41, 5.74) is 1.48. The third-order valence-electron chi connectivity index (χ3n) is 6.71. The van der Waals surface area contributed by atoms with E-state index in [0.29, 0.717) is 0 Å². The maximum Gasteiger partial charge on any atom is 0.129 e. The fourth-order valence-electron chi connectivity index (χ4n) is 4.91. The molecule has 1 aliphatic rings. The van der Waals surface area contributed by atoms with E-state index in [0.717, 1.165) is 0 Å². The second-order valence-electron chi connectivity index (χ2n) is 8.06. The quantitative estimate of drug-likeness (QED) is 0.463. The molecule has 0 unspecified atom stereocenters. The van der Waals surface area contributed by atoms with Gasteiger partial charge in [-0.3, -0.25) is 0 Å². The van der Waals surface area contributed by atoms with Crippen molar-refractivity contribution in [1.82, 2.24) is 0 Å². The van der Waals surface area contributed by atoms with Crippen LogP contribution in [0.2, 0.25) is 12.1 Å². The minimum atomic E-state index is -1.67. The van der Waals surface area contributed by atoms with Gasteiger partial charge in [0.2, 0.25) is 0 Å². The predicted molar refractivity (Wildman–Crippen MR) is 118 cm³/mol. The molecule has 3 aromatic carbocycles. The molecule has 4 rings (SSSR count). The zero-order valence-electron chi connectivity index (χ0n) is 16.4. The van der Waals surface area contributed by atoms with Crippen molar-refractivity contribution in [2.24, 2.45) is 0 Å². The molecule has 0 bridgehead atoms. The molecule has 0 atom stereocenters. The van der Waals surface area contributed by atoms with Gasteiger partial charge in [-0.25, -0.2) is 0 Å². The van der Waals surface area contributed by atoms with Crippen LogP contribution in [-0.4, -0.2) is 32.2 Å². The Morgan fingerprint density at radius 2 is 1.11 bits per heavy atom. The summed E-state index contributed by atoms with van der Waals surface area (Å²) in [6, 6.07) is 36.6. The largest absolute Gasteiger partial charge is 0.321 e. The average Bonchev–Trinajstić information content (AvgIpc) is 2.76. The Morgan fingerprint density at radius 3 is 1.56 bits per heavy atom. The van der Waals surface area contributed by atoms with Crippen LogP contribution >= 0.6 is 0 Å². The van der Waals surface area contributed by atoms with Gasteiger partial charge in [-0.1, -0.05) is 101 Å². The second kappa shape index (κ2) is 7.83. The molecule has 0 aromatic heterocycles. The van der Waals surface area contributed by atoms with Gasteiger partial charge in [-0.2, -0.15) is 0 Å². The lowest BCUT2D eigenvalue weighted by Gasteiger charge is -2.48. The van der Waals surface area contributed by atoms with E-state index in [-0.39, 0.29) is 0 Å². The Balaban J connectivity index is 1.65. The number of benzene rings is 3. The molecule has 27 heavy (non-hydrogen) atoms. The smallest absolute Gasteiger partial charge is 0.129 e. The highest BCUT2D eigenvalue weighted by Gasteiger charge is 2.45. The summed E-state index contributed by atoms with van der Waals surface area (Å²) in [5.74, 6) is 0. The Morgan fingerprint density at radius 1 is 0.667 bits per heavy atom. The van der Waals surface area contributed by atoms with Gasteiger partial charge in [0.25, 0.3) is 0 Å². The Kier molecular flexibility index (Phi) is 5.28. The topological polar surface area (TPSA) is 0 Å². The number of hydrogen-bond acceptors (Lipinski definition) is 0. The van der Waals surface area contributed by atoms with Gasteiger partial charge in [0.05, 0.1) is 19.6 Å². The molecule has 1 fully saturated rings. The summed E-state index contributed by atoms with van der Waals surface area (Å²) in [6.45, 7) is 7.36. The highest BCUT2D eigenvalue weighted by atomic mass is 28.3. The van der Waals surface area contributed by atoms with Crippen LogP contribution in [0.25, 0.3) is 0 Å². The van der Waals surface area contributed by atoms with E-state index < -0.39 is 8.07 Å². The zero-order valence-corrected chi connectivity index (χ0v) is 17.4. The van der Waals surface area contributed by atoms with Crippen molar-refractivity contribution < 1.29 is 4.48 Å². The maximum atomic E-state index is 2.39. The molecule has 0 spiro atoms. The fourth-order valence-corrected chi connectivity index (χ4v) is 10.0. The van der Waals surface area contributed by atoms with Gasteiger partial charge in [-0.15, -0.1) is 0 Å². The van der Waals surface area contributed by atoms with E-state index in [2.05, 4.69) is 97.9 Å². The minimum absolute atomic E-state index is 1.17.